The summed E-state index contributed by atoms with van der Waals surface area (Å²) < 4.78 is 119. The Bertz CT molecular complexity index is 692. The van der Waals surface area contributed by atoms with Gasteiger partial charge in [-0.05, 0) is 30.0 Å². The molecule has 0 aliphatic heterocycles. The topological polar surface area (TPSA) is 63.3 Å². The van der Waals surface area contributed by atoms with E-state index in [-0.39, 0.29) is 12.1 Å². The number of hydrogen-bond acceptors (Lipinski definition) is 2. The number of hydrogen-bond donors (Lipinski definition) is 2. The molecule has 154 valence electrons. The normalized spacial score (nSPS) is 15.5. The fourth-order valence-corrected chi connectivity index (χ4v) is 2.76. The molecule has 3 nitrogen and oxygen atoms in total. The highest BCUT2D eigenvalue weighted by Crippen LogP contribution is 2.48. The van der Waals surface area contributed by atoms with Crippen molar-refractivity contribution in [3.8, 4) is 0 Å². The highest BCUT2D eigenvalue weighted by Gasteiger charge is 2.49. The fraction of sp³-hybridized carbons (Fsp3) is 0.533. The number of rotatable bonds is 5. The number of carbonyl (C=O) groups is 1. The summed E-state index contributed by atoms with van der Waals surface area (Å²) in [4.78, 5) is 11.0. The van der Waals surface area contributed by atoms with Crippen molar-refractivity contribution in [2.75, 3.05) is 6.54 Å². The molecular weight excluding hydrogens is 397 g/mol. The predicted octanol–water partition coefficient (Wildman–Crippen LogP) is 4.90. The second kappa shape index (κ2) is 7.56. The van der Waals surface area contributed by atoms with Crippen LogP contribution in [-0.2, 0) is 23.3 Å². The molecule has 2 unspecified atom stereocenters. The Balaban J connectivity index is 3.82. The van der Waals surface area contributed by atoms with Gasteiger partial charge in [-0.15, -0.1) is 0 Å². The molecule has 0 amide bonds. The van der Waals surface area contributed by atoms with Crippen LogP contribution in [0.3, 0.4) is 0 Å². The average Bonchev–Trinajstić information content (AvgIpc) is 2.47. The first-order chi connectivity index (χ1) is 12.0. The predicted molar refractivity (Wildman–Crippen MR) is 74.7 cm³/mol. The minimum atomic E-state index is -5.75. The number of alkyl halides is 9. The lowest BCUT2D eigenvalue weighted by Gasteiger charge is -2.27. The number of carboxylic acid groups (broad SMARTS) is 1. The summed E-state index contributed by atoms with van der Waals surface area (Å²) in [5.41, 5.74) is -3.16. The Kier molecular flexibility index (Phi) is 6.46. The smallest absolute Gasteiger partial charge is 0.417 e. The van der Waals surface area contributed by atoms with Gasteiger partial charge in [0.15, 0.2) is 0 Å². The third kappa shape index (κ3) is 5.27. The molecular formula is C15H14F9NO2. The lowest BCUT2D eigenvalue weighted by Crippen LogP contribution is -2.28. The van der Waals surface area contributed by atoms with Crippen molar-refractivity contribution >= 4 is 5.97 Å². The van der Waals surface area contributed by atoms with Gasteiger partial charge in [-0.25, -0.2) is 0 Å². The summed E-state index contributed by atoms with van der Waals surface area (Å²) in [6.45, 7) is 0.187. The molecule has 0 heterocycles. The Hall–Kier alpha value is -1.98. The van der Waals surface area contributed by atoms with Crippen molar-refractivity contribution in [2.24, 2.45) is 11.7 Å². The van der Waals surface area contributed by atoms with E-state index >= 15 is 0 Å². The largest absolute Gasteiger partial charge is 0.481 e. The van der Waals surface area contributed by atoms with Crippen LogP contribution in [0.15, 0.2) is 12.1 Å². The molecule has 0 bridgehead atoms. The zero-order valence-corrected chi connectivity index (χ0v) is 13.6. The second-order valence-electron chi connectivity index (χ2n) is 5.85. The van der Waals surface area contributed by atoms with Crippen LogP contribution in [0, 0.1) is 5.92 Å². The van der Waals surface area contributed by atoms with Crippen LogP contribution >= 0.6 is 0 Å². The standard InChI is InChI=1S/C15H14F9NO2/c1-6(4-7(5-25)12(26)27)10-8(13(16,17)18)2-3-9(14(19,20)21)11(10)15(22,23)24/h2-3,6-7H,4-5,25H2,1H3,(H,26,27). The van der Waals surface area contributed by atoms with Gasteiger partial charge in [0.05, 0.1) is 22.6 Å². The van der Waals surface area contributed by atoms with E-state index in [1.807, 2.05) is 0 Å². The molecule has 1 aromatic carbocycles. The molecule has 2 atom stereocenters. The SMILES string of the molecule is CC(CC(CN)C(=O)O)c1c(C(F)(F)F)ccc(C(F)(F)F)c1C(F)(F)F. The highest BCUT2D eigenvalue weighted by molar-refractivity contribution is 5.70. The molecule has 0 aliphatic rings. The number of nitrogens with two attached hydrogens (primary N) is 1. The van der Waals surface area contributed by atoms with Crippen LogP contribution in [0.2, 0.25) is 0 Å². The molecule has 0 aromatic heterocycles. The maximum Gasteiger partial charge on any atom is 0.417 e. The minimum Gasteiger partial charge on any atom is -0.481 e. The number of halogens is 9. The molecule has 1 rings (SSSR count). The summed E-state index contributed by atoms with van der Waals surface area (Å²) in [7, 11) is 0. The summed E-state index contributed by atoms with van der Waals surface area (Å²) >= 11 is 0. The summed E-state index contributed by atoms with van der Waals surface area (Å²) in [6.07, 6.45) is -17.5. The van der Waals surface area contributed by atoms with Crippen LogP contribution in [0.1, 0.15) is 41.5 Å². The van der Waals surface area contributed by atoms with Gasteiger partial charge in [0.1, 0.15) is 0 Å². The maximum atomic E-state index is 13.3. The first-order valence-electron chi connectivity index (χ1n) is 7.33. The van der Waals surface area contributed by atoms with E-state index in [4.69, 9.17) is 10.8 Å². The zero-order chi connectivity index (χ0) is 21.4. The molecule has 12 heteroatoms. The third-order valence-corrected chi connectivity index (χ3v) is 3.90. The van der Waals surface area contributed by atoms with E-state index < -0.39 is 71.6 Å². The third-order valence-electron chi connectivity index (χ3n) is 3.90. The van der Waals surface area contributed by atoms with Crippen LogP contribution < -0.4 is 5.73 Å². The van der Waals surface area contributed by atoms with Crippen LogP contribution in [-0.4, -0.2) is 17.6 Å². The van der Waals surface area contributed by atoms with Gasteiger partial charge in [0, 0.05) is 6.54 Å². The minimum absolute atomic E-state index is 0.0812. The monoisotopic (exact) mass is 411 g/mol. The van der Waals surface area contributed by atoms with Crippen molar-refractivity contribution in [1.82, 2.24) is 0 Å². The Labute approximate surface area is 147 Å². The van der Waals surface area contributed by atoms with Crippen LogP contribution in [0.5, 0.6) is 0 Å². The summed E-state index contributed by atoms with van der Waals surface area (Å²) in [5.74, 6) is -4.93. The molecule has 0 spiro atoms. The van der Waals surface area contributed by atoms with Crippen molar-refractivity contribution < 1.29 is 49.4 Å². The summed E-state index contributed by atoms with van der Waals surface area (Å²) in [6, 6.07) is -0.360. The van der Waals surface area contributed by atoms with Gasteiger partial charge in [0.25, 0.3) is 0 Å². The fourth-order valence-electron chi connectivity index (χ4n) is 2.76. The van der Waals surface area contributed by atoms with Crippen molar-refractivity contribution in [3.63, 3.8) is 0 Å². The van der Waals surface area contributed by atoms with Crippen molar-refractivity contribution in [3.05, 3.63) is 34.4 Å². The first kappa shape index (κ1) is 23.1. The quantitative estimate of drug-likeness (QED) is 0.678. The zero-order valence-electron chi connectivity index (χ0n) is 13.6. The van der Waals surface area contributed by atoms with E-state index in [2.05, 4.69) is 0 Å². The van der Waals surface area contributed by atoms with E-state index in [0.717, 1.165) is 6.92 Å². The van der Waals surface area contributed by atoms with Crippen LogP contribution in [0.25, 0.3) is 0 Å². The second-order valence-corrected chi connectivity index (χ2v) is 5.85. The Morgan fingerprint density at radius 3 is 1.74 bits per heavy atom. The summed E-state index contributed by atoms with van der Waals surface area (Å²) in [5, 5.41) is 8.91. The van der Waals surface area contributed by atoms with Gasteiger partial charge in [-0.1, -0.05) is 6.92 Å². The molecule has 27 heavy (non-hydrogen) atoms. The Morgan fingerprint density at radius 1 is 0.963 bits per heavy atom. The van der Waals surface area contributed by atoms with Crippen molar-refractivity contribution in [2.45, 2.75) is 37.8 Å². The van der Waals surface area contributed by atoms with Crippen LogP contribution in [0.4, 0.5) is 39.5 Å². The molecule has 0 aliphatic carbocycles. The van der Waals surface area contributed by atoms with Crippen molar-refractivity contribution in [1.29, 1.82) is 0 Å². The van der Waals surface area contributed by atoms with Gasteiger partial charge in [-0.3, -0.25) is 4.79 Å². The van der Waals surface area contributed by atoms with E-state index in [1.165, 1.54) is 0 Å². The average molecular weight is 411 g/mol. The molecule has 0 saturated heterocycles. The molecule has 3 N–H and O–H groups in total. The maximum absolute atomic E-state index is 13.3. The highest BCUT2D eigenvalue weighted by atomic mass is 19.4. The molecule has 0 radical (unpaired) electrons. The molecule has 0 fully saturated rings. The number of carboxylic acids is 1. The number of aliphatic carboxylic acids is 1. The van der Waals surface area contributed by atoms with E-state index in [9.17, 15) is 44.3 Å². The van der Waals surface area contributed by atoms with Gasteiger partial charge >= 0.3 is 24.5 Å². The molecule has 0 saturated carbocycles. The van der Waals surface area contributed by atoms with E-state index in [0.29, 0.717) is 0 Å². The van der Waals surface area contributed by atoms with E-state index in [1.54, 1.807) is 0 Å². The lowest BCUT2D eigenvalue weighted by atomic mass is 9.82. The van der Waals surface area contributed by atoms with Gasteiger partial charge in [-0.2, -0.15) is 39.5 Å². The first-order valence-corrected chi connectivity index (χ1v) is 7.33. The Morgan fingerprint density at radius 2 is 1.41 bits per heavy atom. The lowest BCUT2D eigenvalue weighted by molar-refractivity contribution is -0.164. The van der Waals surface area contributed by atoms with Gasteiger partial charge in [0.2, 0.25) is 0 Å². The number of benzene rings is 1. The molecule has 1 aromatic rings. The van der Waals surface area contributed by atoms with Gasteiger partial charge < -0.3 is 10.8 Å².